The van der Waals surface area contributed by atoms with Gasteiger partial charge in [0, 0.05) is 38.1 Å². The summed E-state index contributed by atoms with van der Waals surface area (Å²) in [7, 11) is 1.97. The molecule has 1 amide bonds. The number of halogens is 2. The number of aromatic nitrogens is 1. The maximum Gasteiger partial charge on any atom is 0.255 e. The summed E-state index contributed by atoms with van der Waals surface area (Å²) in [5.74, 6) is 0.838. The van der Waals surface area contributed by atoms with Crippen LogP contribution in [0.2, 0.25) is 0 Å². The number of para-hydroxylation sites is 1. The number of benzene rings is 1. The zero-order valence-electron chi connectivity index (χ0n) is 16.0. The van der Waals surface area contributed by atoms with Crippen LogP contribution in [0.3, 0.4) is 0 Å². The number of amides is 1. The van der Waals surface area contributed by atoms with Crippen LogP contribution in [0.25, 0.3) is 0 Å². The Hall–Kier alpha value is -1.82. The van der Waals surface area contributed by atoms with Crippen molar-refractivity contribution in [1.29, 1.82) is 0 Å². The van der Waals surface area contributed by atoms with E-state index in [-0.39, 0.29) is 42.2 Å². The maximum atomic E-state index is 12.8. The smallest absolute Gasteiger partial charge is 0.255 e. The van der Waals surface area contributed by atoms with Crippen molar-refractivity contribution in [2.75, 3.05) is 25.0 Å². The first-order valence-corrected chi connectivity index (χ1v) is 8.68. The topological polar surface area (TPSA) is 62.5 Å². The van der Waals surface area contributed by atoms with E-state index >= 15 is 0 Å². The van der Waals surface area contributed by atoms with Crippen molar-refractivity contribution in [3.63, 3.8) is 0 Å². The van der Waals surface area contributed by atoms with Crippen LogP contribution in [-0.2, 0) is 0 Å². The molecule has 5 nitrogen and oxygen atoms in total. The minimum absolute atomic E-state index is 0. The molecule has 7 heteroatoms. The molecule has 0 saturated carbocycles. The van der Waals surface area contributed by atoms with E-state index in [1.165, 1.54) is 0 Å². The number of carbonyl (C=O) groups excluding carboxylic acids is 1. The minimum atomic E-state index is -0.0607. The summed E-state index contributed by atoms with van der Waals surface area (Å²) >= 11 is 0. The summed E-state index contributed by atoms with van der Waals surface area (Å²) in [6.45, 7) is 5.62. The quantitative estimate of drug-likeness (QED) is 0.833. The molecule has 0 radical (unpaired) electrons. The molecule has 0 spiro atoms. The standard InChI is InChI=1S/C20H26N4O.2ClH/c1-20(2)14-24(12-11-17(20)21)19(25)15-9-10-18(22-13-15)23(3)16-7-5-4-6-8-16;;/h4-10,13,17H,11-12,14,21H2,1-3H3;2*1H. The Kier molecular flexibility index (Phi) is 8.08. The monoisotopic (exact) mass is 410 g/mol. The van der Waals surface area contributed by atoms with Crippen LogP contribution in [0, 0.1) is 5.41 Å². The van der Waals surface area contributed by atoms with Gasteiger partial charge in [-0.3, -0.25) is 4.79 Å². The number of nitrogens with two attached hydrogens (primary N) is 1. The van der Waals surface area contributed by atoms with E-state index in [0.717, 1.165) is 17.9 Å². The highest BCUT2D eigenvalue weighted by Crippen LogP contribution is 2.29. The van der Waals surface area contributed by atoms with Crippen molar-refractivity contribution >= 4 is 42.2 Å². The van der Waals surface area contributed by atoms with Crippen LogP contribution in [0.15, 0.2) is 48.7 Å². The lowest BCUT2D eigenvalue weighted by molar-refractivity contribution is 0.0532. The Labute approximate surface area is 173 Å². The number of anilines is 2. The molecule has 1 aromatic heterocycles. The van der Waals surface area contributed by atoms with Gasteiger partial charge < -0.3 is 15.5 Å². The second-order valence-electron chi connectivity index (χ2n) is 7.41. The maximum absolute atomic E-state index is 12.8. The summed E-state index contributed by atoms with van der Waals surface area (Å²) in [5.41, 5.74) is 7.78. The molecule has 1 fully saturated rings. The van der Waals surface area contributed by atoms with E-state index < -0.39 is 0 Å². The van der Waals surface area contributed by atoms with Crippen molar-refractivity contribution in [2.24, 2.45) is 11.1 Å². The average molecular weight is 411 g/mol. The third-order valence-electron chi connectivity index (χ3n) is 5.08. The number of piperidine rings is 1. The van der Waals surface area contributed by atoms with E-state index in [2.05, 4.69) is 18.8 Å². The highest BCUT2D eigenvalue weighted by atomic mass is 35.5. The van der Waals surface area contributed by atoms with Gasteiger partial charge >= 0.3 is 0 Å². The van der Waals surface area contributed by atoms with Gasteiger partial charge in [-0.25, -0.2) is 4.98 Å². The predicted octanol–water partition coefficient (Wildman–Crippen LogP) is 3.89. The Bertz CT molecular complexity index is 737. The lowest BCUT2D eigenvalue weighted by Gasteiger charge is -2.42. The summed E-state index contributed by atoms with van der Waals surface area (Å²) in [4.78, 5) is 21.1. The highest BCUT2D eigenvalue weighted by Gasteiger charge is 2.35. The van der Waals surface area contributed by atoms with Gasteiger partial charge in [0.25, 0.3) is 5.91 Å². The molecule has 2 aromatic rings. The van der Waals surface area contributed by atoms with Gasteiger partial charge in [0.05, 0.1) is 5.56 Å². The summed E-state index contributed by atoms with van der Waals surface area (Å²) in [6.07, 6.45) is 2.50. The zero-order valence-corrected chi connectivity index (χ0v) is 17.6. The molecule has 2 heterocycles. The lowest BCUT2D eigenvalue weighted by Crippen LogP contribution is -2.54. The summed E-state index contributed by atoms with van der Waals surface area (Å²) in [6, 6.07) is 13.9. The molecule has 2 N–H and O–H groups in total. The molecule has 1 atom stereocenters. The van der Waals surface area contributed by atoms with Crippen molar-refractivity contribution in [1.82, 2.24) is 9.88 Å². The lowest BCUT2D eigenvalue weighted by atomic mass is 9.79. The average Bonchev–Trinajstić information content (AvgIpc) is 2.63. The number of carbonyl (C=O) groups is 1. The van der Waals surface area contributed by atoms with E-state index in [4.69, 9.17) is 5.73 Å². The molecule has 0 bridgehead atoms. The molecular formula is C20H28Cl2N4O. The van der Waals surface area contributed by atoms with Gasteiger partial charge in [-0.1, -0.05) is 32.0 Å². The van der Waals surface area contributed by atoms with Crippen molar-refractivity contribution < 1.29 is 4.79 Å². The van der Waals surface area contributed by atoms with E-state index in [1.807, 2.05) is 59.3 Å². The Morgan fingerprint density at radius 2 is 1.85 bits per heavy atom. The number of likely N-dealkylation sites (tertiary alicyclic amines) is 1. The molecule has 1 saturated heterocycles. The van der Waals surface area contributed by atoms with Crippen molar-refractivity contribution in [2.45, 2.75) is 26.3 Å². The van der Waals surface area contributed by atoms with Crippen LogP contribution in [0.4, 0.5) is 11.5 Å². The zero-order chi connectivity index (χ0) is 18.0. The fourth-order valence-corrected chi connectivity index (χ4v) is 3.22. The summed E-state index contributed by atoms with van der Waals surface area (Å²) < 4.78 is 0. The molecule has 27 heavy (non-hydrogen) atoms. The van der Waals surface area contributed by atoms with Crippen LogP contribution < -0.4 is 10.6 Å². The Morgan fingerprint density at radius 1 is 1.19 bits per heavy atom. The number of nitrogens with zero attached hydrogens (tertiary/aromatic N) is 3. The molecule has 148 valence electrons. The molecule has 1 aliphatic heterocycles. The molecule has 0 aliphatic carbocycles. The molecule has 3 rings (SSSR count). The van der Waals surface area contributed by atoms with Crippen molar-refractivity contribution in [3.05, 3.63) is 54.2 Å². The van der Waals surface area contributed by atoms with Gasteiger partial charge in [-0.2, -0.15) is 0 Å². The third kappa shape index (κ3) is 5.12. The van der Waals surface area contributed by atoms with E-state index in [1.54, 1.807) is 6.20 Å². The van der Waals surface area contributed by atoms with Gasteiger partial charge in [-0.15, -0.1) is 24.8 Å². The molecule has 1 aliphatic rings. The Balaban J connectivity index is 0.00000182. The third-order valence-corrected chi connectivity index (χ3v) is 5.08. The number of hydrogen-bond donors (Lipinski definition) is 1. The van der Waals surface area contributed by atoms with Gasteiger partial charge in [-0.05, 0) is 36.1 Å². The first kappa shape index (κ1) is 23.2. The summed E-state index contributed by atoms with van der Waals surface area (Å²) in [5, 5.41) is 0. The first-order valence-electron chi connectivity index (χ1n) is 8.68. The number of hydrogen-bond acceptors (Lipinski definition) is 4. The van der Waals surface area contributed by atoms with Crippen LogP contribution in [0.5, 0.6) is 0 Å². The predicted molar refractivity (Wildman–Crippen MR) is 116 cm³/mol. The van der Waals surface area contributed by atoms with Crippen LogP contribution in [-0.4, -0.2) is 42.0 Å². The molecular weight excluding hydrogens is 383 g/mol. The minimum Gasteiger partial charge on any atom is -0.338 e. The Morgan fingerprint density at radius 3 is 2.41 bits per heavy atom. The molecule has 1 aromatic carbocycles. The van der Waals surface area contributed by atoms with Gasteiger partial charge in [0.1, 0.15) is 5.82 Å². The normalized spacial score (nSPS) is 18.1. The largest absolute Gasteiger partial charge is 0.338 e. The second kappa shape index (κ2) is 9.40. The van der Waals surface area contributed by atoms with E-state index in [9.17, 15) is 4.79 Å². The van der Waals surface area contributed by atoms with Crippen molar-refractivity contribution in [3.8, 4) is 0 Å². The second-order valence-corrected chi connectivity index (χ2v) is 7.41. The molecule has 1 unspecified atom stereocenters. The number of pyridine rings is 1. The van der Waals surface area contributed by atoms with Gasteiger partial charge in [0.15, 0.2) is 0 Å². The number of rotatable bonds is 3. The fraction of sp³-hybridized carbons (Fsp3) is 0.400. The van der Waals surface area contributed by atoms with Gasteiger partial charge in [0.2, 0.25) is 0 Å². The fourth-order valence-electron chi connectivity index (χ4n) is 3.22. The SMILES string of the molecule is CN(c1ccccc1)c1ccc(C(=O)N2CCC(N)C(C)(C)C2)cn1.Cl.Cl. The van der Waals surface area contributed by atoms with E-state index in [0.29, 0.717) is 18.7 Å². The highest BCUT2D eigenvalue weighted by molar-refractivity contribution is 5.94. The first-order chi connectivity index (χ1) is 11.9. The van der Waals surface area contributed by atoms with Crippen LogP contribution >= 0.6 is 24.8 Å². The van der Waals surface area contributed by atoms with Crippen LogP contribution in [0.1, 0.15) is 30.6 Å².